The van der Waals surface area contributed by atoms with E-state index < -0.39 is 0 Å². The average Bonchev–Trinajstić information content (AvgIpc) is 3.18. The minimum absolute atomic E-state index is 0.0769. The van der Waals surface area contributed by atoms with Gasteiger partial charge in [-0.15, -0.1) is 11.3 Å². The predicted molar refractivity (Wildman–Crippen MR) is 103 cm³/mol. The van der Waals surface area contributed by atoms with Gasteiger partial charge in [0, 0.05) is 16.1 Å². The molecule has 0 aliphatic carbocycles. The molecule has 1 aromatic carbocycles. The SMILES string of the molecule is C[C@H](C(=O)Nc1ccc(CC(=O)c2cscn2)nc1)c1ccc(Cl)cc1. The van der Waals surface area contributed by atoms with Crippen molar-refractivity contribution in [1.82, 2.24) is 9.97 Å². The van der Waals surface area contributed by atoms with Crippen LogP contribution >= 0.6 is 22.9 Å². The highest BCUT2D eigenvalue weighted by atomic mass is 35.5. The Morgan fingerprint density at radius 2 is 1.92 bits per heavy atom. The third-order valence-electron chi connectivity index (χ3n) is 3.92. The number of rotatable bonds is 6. The van der Waals surface area contributed by atoms with E-state index in [-0.39, 0.29) is 24.0 Å². The Morgan fingerprint density at radius 3 is 2.54 bits per heavy atom. The molecule has 3 rings (SSSR count). The van der Waals surface area contributed by atoms with Gasteiger partial charge in [0.2, 0.25) is 5.91 Å². The summed E-state index contributed by atoms with van der Waals surface area (Å²) in [5, 5.41) is 5.18. The van der Waals surface area contributed by atoms with Crippen LogP contribution in [0, 0.1) is 0 Å². The molecular formula is C19H16ClN3O2S. The summed E-state index contributed by atoms with van der Waals surface area (Å²) in [7, 11) is 0. The average molecular weight is 386 g/mol. The van der Waals surface area contributed by atoms with E-state index in [1.165, 1.54) is 11.3 Å². The number of thiazole rings is 1. The summed E-state index contributed by atoms with van der Waals surface area (Å²) < 4.78 is 0. The Balaban J connectivity index is 1.60. The summed E-state index contributed by atoms with van der Waals surface area (Å²) in [6.45, 7) is 1.83. The standard InChI is InChI=1S/C19H16ClN3O2S/c1-12(13-2-4-14(20)5-3-13)19(25)23-16-7-6-15(21-9-16)8-18(24)17-10-26-11-22-17/h2-7,9-12H,8H2,1H3,(H,23,25)/t12-/m0/s1. The summed E-state index contributed by atoms with van der Waals surface area (Å²) in [6, 6.07) is 10.7. The third kappa shape index (κ3) is 4.53. The molecule has 0 saturated carbocycles. The Labute approximate surface area is 160 Å². The van der Waals surface area contributed by atoms with Crippen LogP contribution in [-0.4, -0.2) is 21.7 Å². The van der Waals surface area contributed by atoms with Crippen LogP contribution in [0.2, 0.25) is 5.02 Å². The molecule has 2 heterocycles. The molecule has 26 heavy (non-hydrogen) atoms. The monoisotopic (exact) mass is 385 g/mol. The van der Waals surface area contributed by atoms with Gasteiger partial charge in [0.25, 0.3) is 0 Å². The van der Waals surface area contributed by atoms with Gasteiger partial charge in [0.1, 0.15) is 5.69 Å². The quantitative estimate of drug-likeness (QED) is 0.640. The number of halogens is 1. The Kier molecular flexibility index (Phi) is 5.75. The van der Waals surface area contributed by atoms with Crippen LogP contribution in [0.4, 0.5) is 5.69 Å². The van der Waals surface area contributed by atoms with Crippen molar-refractivity contribution in [2.24, 2.45) is 0 Å². The smallest absolute Gasteiger partial charge is 0.231 e. The first-order chi connectivity index (χ1) is 12.5. The van der Waals surface area contributed by atoms with Gasteiger partial charge in [-0.1, -0.05) is 23.7 Å². The number of carbonyl (C=O) groups excluding carboxylic acids is 2. The fraction of sp³-hybridized carbons (Fsp3) is 0.158. The number of nitrogens with one attached hydrogen (secondary N) is 1. The molecule has 132 valence electrons. The Bertz CT molecular complexity index is 894. The summed E-state index contributed by atoms with van der Waals surface area (Å²) in [5.41, 5.74) is 4.17. The lowest BCUT2D eigenvalue weighted by Gasteiger charge is -2.12. The van der Waals surface area contributed by atoms with Crippen molar-refractivity contribution in [2.45, 2.75) is 19.3 Å². The van der Waals surface area contributed by atoms with Gasteiger partial charge in [-0.3, -0.25) is 14.6 Å². The molecule has 0 aliphatic heterocycles. The van der Waals surface area contributed by atoms with Crippen molar-refractivity contribution in [3.8, 4) is 0 Å². The second-order valence-corrected chi connectivity index (χ2v) is 6.93. The lowest BCUT2D eigenvalue weighted by molar-refractivity contribution is -0.117. The number of ketones is 1. The zero-order valence-corrected chi connectivity index (χ0v) is 15.6. The number of hydrogen-bond donors (Lipinski definition) is 1. The Hall–Kier alpha value is -2.57. The van der Waals surface area contributed by atoms with Crippen LogP contribution in [0.3, 0.4) is 0 Å². The highest BCUT2D eigenvalue weighted by Crippen LogP contribution is 2.20. The summed E-state index contributed by atoms with van der Waals surface area (Å²) in [4.78, 5) is 32.7. The van der Waals surface area contributed by atoms with E-state index in [4.69, 9.17) is 11.6 Å². The number of carbonyl (C=O) groups is 2. The molecule has 1 amide bonds. The maximum absolute atomic E-state index is 12.4. The van der Waals surface area contributed by atoms with Crippen LogP contribution in [0.5, 0.6) is 0 Å². The number of hydrogen-bond acceptors (Lipinski definition) is 5. The molecule has 2 aromatic heterocycles. The lowest BCUT2D eigenvalue weighted by Crippen LogP contribution is -2.19. The van der Waals surface area contributed by atoms with E-state index in [1.54, 1.807) is 41.4 Å². The zero-order valence-electron chi connectivity index (χ0n) is 14.0. The minimum atomic E-state index is -0.321. The normalized spacial score (nSPS) is 11.8. The zero-order chi connectivity index (χ0) is 18.5. The number of Topliss-reactive ketones (excluding diaryl/α,β-unsaturated/α-hetero) is 1. The van der Waals surface area contributed by atoms with Crippen molar-refractivity contribution >= 4 is 40.3 Å². The van der Waals surface area contributed by atoms with E-state index in [9.17, 15) is 9.59 Å². The molecule has 7 heteroatoms. The van der Waals surface area contributed by atoms with Crippen LogP contribution in [0.25, 0.3) is 0 Å². The Morgan fingerprint density at radius 1 is 1.15 bits per heavy atom. The number of pyridine rings is 1. The molecule has 0 saturated heterocycles. The molecule has 5 nitrogen and oxygen atoms in total. The summed E-state index contributed by atoms with van der Waals surface area (Å²) >= 11 is 7.26. The van der Waals surface area contributed by atoms with Gasteiger partial charge in [-0.05, 0) is 36.8 Å². The van der Waals surface area contributed by atoms with Crippen molar-refractivity contribution in [2.75, 3.05) is 5.32 Å². The van der Waals surface area contributed by atoms with Crippen molar-refractivity contribution < 1.29 is 9.59 Å². The van der Waals surface area contributed by atoms with Crippen molar-refractivity contribution in [3.05, 3.63) is 75.5 Å². The van der Waals surface area contributed by atoms with Gasteiger partial charge in [-0.25, -0.2) is 4.98 Å². The minimum Gasteiger partial charge on any atom is -0.324 e. The number of benzene rings is 1. The second-order valence-electron chi connectivity index (χ2n) is 5.77. The molecule has 0 spiro atoms. The largest absolute Gasteiger partial charge is 0.324 e. The number of nitrogens with zero attached hydrogens (tertiary/aromatic N) is 2. The molecule has 1 atom stereocenters. The molecule has 0 aliphatic rings. The van der Waals surface area contributed by atoms with E-state index in [2.05, 4.69) is 15.3 Å². The molecule has 0 fully saturated rings. The summed E-state index contributed by atoms with van der Waals surface area (Å²) in [5.74, 6) is -0.537. The fourth-order valence-corrected chi connectivity index (χ4v) is 3.04. The van der Waals surface area contributed by atoms with E-state index >= 15 is 0 Å². The maximum Gasteiger partial charge on any atom is 0.231 e. The van der Waals surface area contributed by atoms with E-state index in [0.29, 0.717) is 22.1 Å². The van der Waals surface area contributed by atoms with Crippen LogP contribution in [0.1, 0.15) is 34.6 Å². The van der Waals surface area contributed by atoms with E-state index in [1.807, 2.05) is 19.1 Å². The van der Waals surface area contributed by atoms with Gasteiger partial charge in [-0.2, -0.15) is 0 Å². The first-order valence-electron chi connectivity index (χ1n) is 7.95. The highest BCUT2D eigenvalue weighted by molar-refractivity contribution is 7.07. The highest BCUT2D eigenvalue weighted by Gasteiger charge is 2.16. The fourth-order valence-electron chi connectivity index (χ4n) is 2.36. The van der Waals surface area contributed by atoms with Crippen molar-refractivity contribution in [1.29, 1.82) is 0 Å². The van der Waals surface area contributed by atoms with Gasteiger partial charge in [0.15, 0.2) is 5.78 Å². The van der Waals surface area contributed by atoms with Gasteiger partial charge < -0.3 is 5.32 Å². The maximum atomic E-state index is 12.4. The van der Waals surface area contributed by atoms with E-state index in [0.717, 1.165) is 5.56 Å². The molecule has 0 bridgehead atoms. The van der Waals surface area contributed by atoms with Gasteiger partial charge >= 0.3 is 0 Å². The topological polar surface area (TPSA) is 72.0 Å². The number of amides is 1. The first-order valence-corrected chi connectivity index (χ1v) is 9.27. The number of anilines is 1. The van der Waals surface area contributed by atoms with Crippen LogP contribution in [-0.2, 0) is 11.2 Å². The van der Waals surface area contributed by atoms with Crippen LogP contribution < -0.4 is 5.32 Å². The molecular weight excluding hydrogens is 370 g/mol. The van der Waals surface area contributed by atoms with Crippen LogP contribution in [0.15, 0.2) is 53.5 Å². The molecule has 3 aromatic rings. The second kappa shape index (κ2) is 8.21. The first kappa shape index (κ1) is 18.2. The third-order valence-corrected chi connectivity index (χ3v) is 4.75. The molecule has 0 radical (unpaired) electrons. The summed E-state index contributed by atoms with van der Waals surface area (Å²) in [6.07, 6.45) is 1.73. The molecule has 1 N–H and O–H groups in total. The van der Waals surface area contributed by atoms with Gasteiger partial charge in [0.05, 0.1) is 29.7 Å². The lowest BCUT2D eigenvalue weighted by atomic mass is 10.0. The molecule has 0 unspecified atom stereocenters. The van der Waals surface area contributed by atoms with Crippen molar-refractivity contribution in [3.63, 3.8) is 0 Å². The predicted octanol–water partition coefficient (Wildman–Crippen LogP) is 4.36. The number of aromatic nitrogens is 2.